The van der Waals surface area contributed by atoms with Gasteiger partial charge in [-0.1, -0.05) is 6.07 Å². The first-order valence-corrected chi connectivity index (χ1v) is 7.49. The molecule has 0 aliphatic carbocycles. The van der Waals surface area contributed by atoms with E-state index in [9.17, 15) is 0 Å². The van der Waals surface area contributed by atoms with Crippen molar-refractivity contribution < 1.29 is 9.47 Å². The van der Waals surface area contributed by atoms with Gasteiger partial charge in [0.1, 0.15) is 17.5 Å². The third-order valence-corrected chi connectivity index (χ3v) is 4.28. The van der Waals surface area contributed by atoms with Crippen LogP contribution in [0.4, 0.5) is 0 Å². The molecule has 7 nitrogen and oxygen atoms in total. The average Bonchev–Trinajstić information content (AvgIpc) is 2.93. The van der Waals surface area contributed by atoms with Crippen molar-refractivity contribution in [2.75, 3.05) is 33.3 Å². The van der Waals surface area contributed by atoms with Crippen LogP contribution in [0, 0.1) is 0 Å². The predicted octanol–water partition coefficient (Wildman–Crippen LogP) is 0.129. The van der Waals surface area contributed by atoms with Gasteiger partial charge in [0.15, 0.2) is 11.9 Å². The molecular formula is C15H19N5O2. The van der Waals surface area contributed by atoms with Crippen LogP contribution < -0.4 is 20.5 Å². The lowest BCUT2D eigenvalue weighted by atomic mass is 10.0. The molecular weight excluding hydrogens is 282 g/mol. The number of guanidine groups is 1. The molecule has 4 rings (SSSR count). The van der Waals surface area contributed by atoms with Gasteiger partial charge >= 0.3 is 0 Å². The Kier molecular flexibility index (Phi) is 3.15. The summed E-state index contributed by atoms with van der Waals surface area (Å²) in [6.45, 7) is 3.66. The van der Waals surface area contributed by atoms with Crippen molar-refractivity contribution in [2.45, 2.75) is 12.1 Å². The van der Waals surface area contributed by atoms with Gasteiger partial charge in [0.25, 0.3) is 0 Å². The van der Waals surface area contributed by atoms with Crippen LogP contribution in [0.1, 0.15) is 11.6 Å². The molecule has 0 amide bonds. The number of benzene rings is 1. The Labute approximate surface area is 128 Å². The van der Waals surface area contributed by atoms with Gasteiger partial charge in [-0.3, -0.25) is 0 Å². The van der Waals surface area contributed by atoms with Crippen LogP contribution in [0.15, 0.2) is 28.2 Å². The van der Waals surface area contributed by atoms with Crippen LogP contribution in [0.3, 0.4) is 0 Å². The van der Waals surface area contributed by atoms with Crippen molar-refractivity contribution in [3.8, 4) is 11.5 Å². The normalized spacial score (nSPS) is 26.5. The molecule has 2 atom stereocenters. The molecule has 1 aromatic rings. The molecule has 1 aromatic carbocycles. The number of aliphatic imine (C=N–C) groups is 2. The van der Waals surface area contributed by atoms with Crippen molar-refractivity contribution in [3.05, 3.63) is 23.8 Å². The minimum absolute atomic E-state index is 0.187. The molecule has 1 fully saturated rings. The fourth-order valence-electron chi connectivity index (χ4n) is 3.27. The average molecular weight is 301 g/mol. The summed E-state index contributed by atoms with van der Waals surface area (Å²) in [6.07, 6.45) is -0.225. The molecule has 3 aliphatic rings. The second-order valence-electron chi connectivity index (χ2n) is 5.55. The molecule has 0 saturated carbocycles. The molecule has 3 aliphatic heterocycles. The zero-order valence-corrected chi connectivity index (χ0v) is 12.5. The number of nitrogens with one attached hydrogen (secondary N) is 1. The monoisotopic (exact) mass is 301 g/mol. The Morgan fingerprint density at radius 1 is 1.36 bits per heavy atom. The van der Waals surface area contributed by atoms with Gasteiger partial charge < -0.3 is 25.4 Å². The zero-order chi connectivity index (χ0) is 15.1. The van der Waals surface area contributed by atoms with Gasteiger partial charge in [0.05, 0.1) is 12.7 Å². The molecule has 22 heavy (non-hydrogen) atoms. The van der Waals surface area contributed by atoms with Gasteiger partial charge in [-0.25, -0.2) is 4.99 Å². The van der Waals surface area contributed by atoms with Crippen LogP contribution in [0.2, 0.25) is 0 Å². The quantitative estimate of drug-likeness (QED) is 0.770. The lowest BCUT2D eigenvalue weighted by molar-refractivity contribution is 0.238. The Morgan fingerprint density at radius 2 is 2.18 bits per heavy atom. The molecule has 3 heterocycles. The number of fused-ring (bicyclic) bond motifs is 3. The van der Waals surface area contributed by atoms with E-state index in [1.165, 1.54) is 0 Å². The van der Waals surface area contributed by atoms with E-state index in [0.29, 0.717) is 5.96 Å². The highest BCUT2D eigenvalue weighted by Gasteiger charge is 2.44. The Hall–Kier alpha value is -2.28. The lowest BCUT2D eigenvalue weighted by Gasteiger charge is -2.34. The number of rotatable bonds is 1. The largest absolute Gasteiger partial charge is 0.496 e. The van der Waals surface area contributed by atoms with Crippen LogP contribution in [0.25, 0.3) is 0 Å². The number of methoxy groups -OCH3 is 1. The van der Waals surface area contributed by atoms with Gasteiger partial charge in [-0.2, -0.15) is 4.99 Å². The van der Waals surface area contributed by atoms with E-state index in [-0.39, 0.29) is 12.1 Å². The van der Waals surface area contributed by atoms with Crippen LogP contribution in [-0.2, 0) is 0 Å². The summed E-state index contributed by atoms with van der Waals surface area (Å²) < 4.78 is 11.6. The highest BCUT2D eigenvalue weighted by Crippen LogP contribution is 2.46. The molecule has 2 unspecified atom stereocenters. The fraction of sp³-hybridized carbons (Fsp3) is 0.467. The summed E-state index contributed by atoms with van der Waals surface area (Å²) in [5.41, 5.74) is 6.92. The molecule has 0 aromatic heterocycles. The first-order valence-electron chi connectivity index (χ1n) is 7.49. The molecule has 116 valence electrons. The van der Waals surface area contributed by atoms with E-state index in [4.69, 9.17) is 15.2 Å². The van der Waals surface area contributed by atoms with E-state index in [1.54, 1.807) is 7.11 Å². The standard InChI is InChI=1S/C15H19N5O2/c1-21-9-3-2-4-10-11(9)12-13(22-10)14(19-15(16)18-12)20-7-5-17-6-8-20/h2-4,12-13,17H,5-8H2,1H3,(H2,16,18). The van der Waals surface area contributed by atoms with Gasteiger partial charge in [-0.05, 0) is 12.1 Å². The molecule has 0 spiro atoms. The molecule has 3 N–H and O–H groups in total. The van der Waals surface area contributed by atoms with E-state index in [2.05, 4.69) is 20.2 Å². The second kappa shape index (κ2) is 5.17. The first kappa shape index (κ1) is 13.4. The van der Waals surface area contributed by atoms with Crippen molar-refractivity contribution in [2.24, 2.45) is 15.7 Å². The number of piperazine rings is 1. The maximum atomic E-state index is 6.13. The summed E-state index contributed by atoms with van der Waals surface area (Å²) in [4.78, 5) is 11.2. The molecule has 1 saturated heterocycles. The SMILES string of the molecule is COc1cccc2c1C1N=C(N)N=C(N3CCNCC3)C1O2. The van der Waals surface area contributed by atoms with Crippen molar-refractivity contribution in [1.82, 2.24) is 10.2 Å². The third kappa shape index (κ3) is 2.00. The van der Waals surface area contributed by atoms with Crippen LogP contribution in [-0.4, -0.2) is 56.1 Å². The summed E-state index contributed by atoms with van der Waals surface area (Å²) in [7, 11) is 1.66. The smallest absolute Gasteiger partial charge is 0.217 e. The van der Waals surface area contributed by atoms with E-state index in [1.807, 2.05) is 18.2 Å². The second-order valence-corrected chi connectivity index (χ2v) is 5.55. The van der Waals surface area contributed by atoms with Gasteiger partial charge in [-0.15, -0.1) is 0 Å². The Balaban J connectivity index is 1.73. The number of nitrogens with two attached hydrogens (primary N) is 1. The highest BCUT2D eigenvalue weighted by atomic mass is 16.5. The Bertz CT molecular complexity index is 651. The Morgan fingerprint density at radius 3 is 2.95 bits per heavy atom. The zero-order valence-electron chi connectivity index (χ0n) is 12.5. The van der Waals surface area contributed by atoms with Gasteiger partial charge in [0.2, 0.25) is 5.96 Å². The van der Waals surface area contributed by atoms with Crippen molar-refractivity contribution >= 4 is 11.8 Å². The van der Waals surface area contributed by atoms with E-state index >= 15 is 0 Å². The van der Waals surface area contributed by atoms with E-state index in [0.717, 1.165) is 49.1 Å². The minimum Gasteiger partial charge on any atom is -0.496 e. The van der Waals surface area contributed by atoms with Gasteiger partial charge in [0, 0.05) is 26.2 Å². The maximum absolute atomic E-state index is 6.13. The van der Waals surface area contributed by atoms with Crippen LogP contribution >= 0.6 is 0 Å². The van der Waals surface area contributed by atoms with Crippen LogP contribution in [0.5, 0.6) is 11.5 Å². The number of hydrogen-bond acceptors (Lipinski definition) is 7. The molecule has 0 radical (unpaired) electrons. The molecule has 0 bridgehead atoms. The first-order chi connectivity index (χ1) is 10.8. The number of amidine groups is 1. The number of hydrogen-bond donors (Lipinski definition) is 2. The summed E-state index contributed by atoms with van der Waals surface area (Å²) in [6, 6.07) is 5.60. The fourth-order valence-corrected chi connectivity index (χ4v) is 3.27. The minimum atomic E-state index is -0.225. The van der Waals surface area contributed by atoms with Crippen molar-refractivity contribution in [3.63, 3.8) is 0 Å². The van der Waals surface area contributed by atoms with Crippen molar-refractivity contribution in [1.29, 1.82) is 0 Å². The maximum Gasteiger partial charge on any atom is 0.217 e. The highest BCUT2D eigenvalue weighted by molar-refractivity contribution is 6.01. The number of ether oxygens (including phenoxy) is 2. The van der Waals surface area contributed by atoms with E-state index < -0.39 is 0 Å². The molecule has 7 heteroatoms. The third-order valence-electron chi connectivity index (χ3n) is 4.28. The lowest BCUT2D eigenvalue weighted by Crippen LogP contribution is -2.53. The summed E-state index contributed by atoms with van der Waals surface area (Å²) in [5, 5.41) is 3.34. The summed E-state index contributed by atoms with van der Waals surface area (Å²) >= 11 is 0. The predicted molar refractivity (Wildman–Crippen MR) is 83.7 cm³/mol. The number of nitrogens with zero attached hydrogens (tertiary/aromatic N) is 3. The summed E-state index contributed by atoms with van der Waals surface area (Å²) in [5.74, 6) is 2.76. The topological polar surface area (TPSA) is 84.5 Å².